The number of hydrogen-bond donors (Lipinski definition) is 0. The van der Waals surface area contributed by atoms with Crippen LogP contribution in [0.1, 0.15) is 11.1 Å². The maximum atomic E-state index is 13.2. The third-order valence-corrected chi connectivity index (χ3v) is 4.49. The van der Waals surface area contributed by atoms with E-state index in [0.717, 1.165) is 22.5 Å². The van der Waals surface area contributed by atoms with Crippen LogP contribution in [0.2, 0.25) is 0 Å². The number of amides is 1. The number of anilines is 1. The average molecular weight is 368 g/mol. The third-order valence-electron chi connectivity index (χ3n) is 4.49. The van der Waals surface area contributed by atoms with Crippen molar-refractivity contribution in [1.29, 1.82) is 0 Å². The Morgan fingerprint density at radius 3 is 2.04 bits per heavy atom. The van der Waals surface area contributed by atoms with Gasteiger partial charge in [0.1, 0.15) is 0 Å². The van der Waals surface area contributed by atoms with E-state index in [-0.39, 0.29) is 11.6 Å². The Labute approximate surface area is 162 Å². The van der Waals surface area contributed by atoms with Gasteiger partial charge in [0.15, 0.2) is 0 Å². The molecule has 0 N–H and O–H groups in total. The molecule has 5 heteroatoms. The quantitative estimate of drug-likeness (QED) is 0.367. The molecule has 0 aliphatic carbocycles. The fourth-order valence-electron chi connectivity index (χ4n) is 3.14. The van der Waals surface area contributed by atoms with E-state index in [1.54, 1.807) is 23.1 Å². The number of benzene rings is 3. The number of para-hydroxylation sites is 1. The Morgan fingerprint density at radius 1 is 0.821 bits per heavy atom. The molecular weight excluding hydrogens is 352 g/mol. The lowest BCUT2D eigenvalue weighted by molar-refractivity contribution is -0.384. The predicted octanol–water partition coefficient (Wildman–Crippen LogP) is 5.07. The summed E-state index contributed by atoms with van der Waals surface area (Å²) in [5.41, 5.74) is 3.79. The summed E-state index contributed by atoms with van der Waals surface area (Å²) in [7, 11) is 0. The summed E-state index contributed by atoms with van der Waals surface area (Å²) in [6, 6.07) is 25.3. The number of carbonyl (C=O) groups is 1. The second-order valence-electron chi connectivity index (χ2n) is 6.32. The van der Waals surface area contributed by atoms with E-state index in [1.807, 2.05) is 66.7 Å². The largest absolute Gasteiger partial charge is 0.276 e. The number of nitrogens with zero attached hydrogens (tertiary/aromatic N) is 2. The van der Waals surface area contributed by atoms with Gasteiger partial charge in [-0.15, -0.1) is 0 Å². The number of carbonyl (C=O) groups excluding carboxylic acids is 1. The van der Waals surface area contributed by atoms with Gasteiger partial charge in [-0.3, -0.25) is 19.8 Å². The highest BCUT2D eigenvalue weighted by Gasteiger charge is 2.30. The summed E-state index contributed by atoms with van der Waals surface area (Å²) < 4.78 is 0. The predicted molar refractivity (Wildman–Crippen MR) is 109 cm³/mol. The Bertz CT molecular complexity index is 1090. The van der Waals surface area contributed by atoms with E-state index in [2.05, 4.69) is 0 Å². The van der Waals surface area contributed by atoms with Gasteiger partial charge in [0, 0.05) is 23.4 Å². The molecule has 0 atom stereocenters. The fourth-order valence-corrected chi connectivity index (χ4v) is 3.14. The van der Waals surface area contributed by atoms with Crippen molar-refractivity contribution in [2.75, 3.05) is 4.90 Å². The highest BCUT2D eigenvalue weighted by Crippen LogP contribution is 2.35. The van der Waals surface area contributed by atoms with Gasteiger partial charge < -0.3 is 0 Å². The van der Waals surface area contributed by atoms with Gasteiger partial charge in [-0.25, -0.2) is 0 Å². The van der Waals surface area contributed by atoms with Crippen molar-refractivity contribution < 1.29 is 9.72 Å². The maximum Gasteiger partial charge on any atom is 0.269 e. The Hall–Kier alpha value is -3.99. The zero-order valence-electron chi connectivity index (χ0n) is 14.9. The Morgan fingerprint density at radius 2 is 1.43 bits per heavy atom. The van der Waals surface area contributed by atoms with Gasteiger partial charge in [-0.05, 0) is 47.5 Å². The first-order valence-electron chi connectivity index (χ1n) is 8.76. The van der Waals surface area contributed by atoms with Crippen LogP contribution in [0.4, 0.5) is 11.4 Å². The van der Waals surface area contributed by atoms with Crippen LogP contribution in [-0.2, 0) is 4.79 Å². The highest BCUT2D eigenvalue weighted by molar-refractivity contribution is 6.23. The number of rotatable bonds is 4. The molecule has 136 valence electrons. The van der Waals surface area contributed by atoms with Crippen molar-refractivity contribution in [3.05, 3.63) is 118 Å². The lowest BCUT2D eigenvalue weighted by atomic mass is 10.1. The number of hydrogen-bond acceptors (Lipinski definition) is 3. The summed E-state index contributed by atoms with van der Waals surface area (Å²) in [6.07, 6.45) is 3.60. The SMILES string of the molecule is O=C1/C(=C/c2ccc([N+](=O)[O-])cc2)C=C(c2ccccc2)N1c1ccccc1. The van der Waals surface area contributed by atoms with Gasteiger partial charge >= 0.3 is 0 Å². The zero-order valence-corrected chi connectivity index (χ0v) is 14.9. The van der Waals surface area contributed by atoms with Crippen molar-refractivity contribution in [3.63, 3.8) is 0 Å². The summed E-state index contributed by atoms with van der Waals surface area (Å²) in [4.78, 5) is 25.2. The molecule has 1 aliphatic rings. The number of non-ortho nitro benzene ring substituents is 1. The molecule has 1 aliphatic heterocycles. The van der Waals surface area contributed by atoms with E-state index < -0.39 is 4.92 Å². The molecule has 3 aromatic rings. The molecule has 0 fully saturated rings. The lowest BCUT2D eigenvalue weighted by Crippen LogP contribution is -2.24. The molecule has 28 heavy (non-hydrogen) atoms. The fraction of sp³-hybridized carbons (Fsp3) is 0. The van der Waals surface area contributed by atoms with Crippen LogP contribution in [-0.4, -0.2) is 10.8 Å². The lowest BCUT2D eigenvalue weighted by Gasteiger charge is -2.20. The van der Waals surface area contributed by atoms with Crippen LogP contribution >= 0.6 is 0 Å². The van der Waals surface area contributed by atoms with Gasteiger partial charge in [0.2, 0.25) is 0 Å². The molecule has 0 aromatic heterocycles. The van der Waals surface area contributed by atoms with Crippen LogP contribution in [0.3, 0.4) is 0 Å². The zero-order chi connectivity index (χ0) is 19.5. The molecule has 3 aromatic carbocycles. The van der Waals surface area contributed by atoms with Crippen molar-refractivity contribution in [3.8, 4) is 0 Å². The second-order valence-corrected chi connectivity index (χ2v) is 6.32. The Balaban J connectivity index is 1.77. The molecule has 1 amide bonds. The second kappa shape index (κ2) is 7.32. The van der Waals surface area contributed by atoms with Crippen LogP contribution < -0.4 is 4.90 Å². The number of nitro benzene ring substituents is 1. The van der Waals surface area contributed by atoms with Crippen LogP contribution in [0.5, 0.6) is 0 Å². The van der Waals surface area contributed by atoms with E-state index in [0.29, 0.717) is 5.57 Å². The maximum absolute atomic E-state index is 13.2. The highest BCUT2D eigenvalue weighted by atomic mass is 16.6. The molecule has 1 heterocycles. The van der Waals surface area contributed by atoms with Crippen LogP contribution in [0.15, 0.2) is 96.6 Å². The average Bonchev–Trinajstić information content (AvgIpc) is 3.06. The van der Waals surface area contributed by atoms with Crippen molar-refractivity contribution in [2.45, 2.75) is 0 Å². The number of nitro groups is 1. The van der Waals surface area contributed by atoms with Gasteiger partial charge in [0.25, 0.3) is 11.6 Å². The molecular formula is C23H16N2O3. The molecule has 0 saturated carbocycles. The smallest absolute Gasteiger partial charge is 0.269 e. The normalized spacial score (nSPS) is 15.0. The molecule has 0 radical (unpaired) electrons. The van der Waals surface area contributed by atoms with Gasteiger partial charge in [-0.2, -0.15) is 0 Å². The molecule has 5 nitrogen and oxygen atoms in total. The summed E-state index contributed by atoms with van der Waals surface area (Å²) >= 11 is 0. The van der Waals surface area contributed by atoms with Crippen LogP contribution in [0.25, 0.3) is 11.8 Å². The van der Waals surface area contributed by atoms with Gasteiger partial charge in [-0.1, -0.05) is 48.5 Å². The van der Waals surface area contributed by atoms with E-state index >= 15 is 0 Å². The minimum Gasteiger partial charge on any atom is -0.276 e. The monoisotopic (exact) mass is 368 g/mol. The standard InChI is InChI=1S/C23H16N2O3/c26-23-19(15-17-11-13-21(14-12-17)25(27)28)16-22(18-7-3-1-4-8-18)24(23)20-9-5-2-6-10-20/h1-16H/b19-15+. The van der Waals surface area contributed by atoms with E-state index in [9.17, 15) is 14.9 Å². The summed E-state index contributed by atoms with van der Waals surface area (Å²) in [5.74, 6) is -0.136. The van der Waals surface area contributed by atoms with Crippen molar-refractivity contribution >= 4 is 29.1 Å². The molecule has 0 spiro atoms. The van der Waals surface area contributed by atoms with Crippen LogP contribution in [0, 0.1) is 10.1 Å². The summed E-state index contributed by atoms with van der Waals surface area (Å²) in [6.45, 7) is 0. The minimum atomic E-state index is -0.442. The first kappa shape index (κ1) is 17.4. The topological polar surface area (TPSA) is 63.4 Å². The van der Waals surface area contributed by atoms with E-state index in [4.69, 9.17) is 0 Å². The molecule has 0 bridgehead atoms. The first-order chi connectivity index (χ1) is 13.6. The molecule has 4 rings (SSSR count). The van der Waals surface area contributed by atoms with Crippen molar-refractivity contribution in [1.82, 2.24) is 0 Å². The first-order valence-corrected chi connectivity index (χ1v) is 8.76. The summed E-state index contributed by atoms with van der Waals surface area (Å²) in [5, 5.41) is 10.8. The van der Waals surface area contributed by atoms with Gasteiger partial charge in [0.05, 0.1) is 10.6 Å². The Kier molecular flexibility index (Phi) is 4.56. The molecule has 0 saturated heterocycles. The third kappa shape index (κ3) is 3.33. The van der Waals surface area contributed by atoms with E-state index in [1.165, 1.54) is 12.1 Å². The van der Waals surface area contributed by atoms with Crippen molar-refractivity contribution in [2.24, 2.45) is 0 Å². The molecule has 0 unspecified atom stereocenters. The minimum absolute atomic E-state index is 0.0197.